The topological polar surface area (TPSA) is 38.3 Å². The maximum absolute atomic E-state index is 11.6. The molecule has 1 aliphatic rings. The molecular formula is C12H22ClNO2. The molecule has 1 amide bonds. The van der Waals surface area contributed by atoms with Crippen molar-refractivity contribution in [1.82, 2.24) is 5.32 Å². The van der Waals surface area contributed by atoms with E-state index in [0.29, 0.717) is 18.4 Å². The van der Waals surface area contributed by atoms with Crippen molar-refractivity contribution in [2.24, 2.45) is 0 Å². The third kappa shape index (κ3) is 5.71. The molecule has 1 saturated heterocycles. The number of halogens is 1. The highest BCUT2D eigenvalue weighted by Crippen LogP contribution is 2.16. The van der Waals surface area contributed by atoms with Crippen molar-refractivity contribution >= 4 is 17.5 Å². The normalized spacial score (nSPS) is 22.8. The van der Waals surface area contributed by atoms with Gasteiger partial charge < -0.3 is 10.1 Å². The van der Waals surface area contributed by atoms with Crippen LogP contribution in [-0.2, 0) is 9.53 Å². The van der Waals surface area contributed by atoms with Crippen LogP contribution >= 0.6 is 11.6 Å². The van der Waals surface area contributed by atoms with Crippen LogP contribution in [0.15, 0.2) is 0 Å². The van der Waals surface area contributed by atoms with Gasteiger partial charge in [-0.25, -0.2) is 0 Å². The number of nitrogens with one attached hydrogen (secondary N) is 1. The summed E-state index contributed by atoms with van der Waals surface area (Å²) in [6, 6.07) is 0.178. The van der Waals surface area contributed by atoms with Crippen molar-refractivity contribution in [3.63, 3.8) is 0 Å². The monoisotopic (exact) mass is 247 g/mol. The van der Waals surface area contributed by atoms with E-state index in [1.807, 2.05) is 6.92 Å². The van der Waals surface area contributed by atoms with E-state index in [-0.39, 0.29) is 11.9 Å². The summed E-state index contributed by atoms with van der Waals surface area (Å²) in [6.07, 6.45) is 6.03. The average molecular weight is 248 g/mol. The van der Waals surface area contributed by atoms with Crippen LogP contribution in [0.2, 0.25) is 0 Å². The van der Waals surface area contributed by atoms with E-state index in [1.54, 1.807) is 0 Å². The highest BCUT2D eigenvalue weighted by atomic mass is 35.5. The van der Waals surface area contributed by atoms with Gasteiger partial charge in [0.15, 0.2) is 0 Å². The molecule has 1 heterocycles. The fourth-order valence-corrected chi connectivity index (χ4v) is 2.24. The maximum Gasteiger partial charge on any atom is 0.220 e. The Balaban J connectivity index is 2.09. The number of hydrogen-bond donors (Lipinski definition) is 1. The van der Waals surface area contributed by atoms with Crippen molar-refractivity contribution in [1.29, 1.82) is 0 Å². The zero-order valence-corrected chi connectivity index (χ0v) is 10.8. The second-order valence-electron chi connectivity index (χ2n) is 4.47. The summed E-state index contributed by atoms with van der Waals surface area (Å²) in [5.41, 5.74) is 0. The van der Waals surface area contributed by atoms with Gasteiger partial charge in [0.1, 0.15) is 0 Å². The fourth-order valence-electron chi connectivity index (χ4n) is 1.91. The largest absolute Gasteiger partial charge is 0.378 e. The lowest BCUT2D eigenvalue weighted by molar-refractivity contribution is -0.122. The SMILES string of the molecule is CC(CCCl)NC(=O)CCC1CCCCO1. The quantitative estimate of drug-likeness (QED) is 0.733. The van der Waals surface area contributed by atoms with Crippen LogP contribution in [0.3, 0.4) is 0 Å². The smallest absolute Gasteiger partial charge is 0.220 e. The molecule has 0 spiro atoms. The number of amides is 1. The molecule has 0 aromatic carbocycles. The number of rotatable bonds is 6. The second kappa shape index (κ2) is 7.91. The number of hydrogen-bond acceptors (Lipinski definition) is 2. The molecule has 2 unspecified atom stereocenters. The summed E-state index contributed by atoms with van der Waals surface area (Å²) >= 11 is 5.61. The van der Waals surface area contributed by atoms with Crippen LogP contribution in [-0.4, -0.2) is 30.5 Å². The summed E-state index contributed by atoms with van der Waals surface area (Å²) < 4.78 is 5.58. The molecule has 94 valence electrons. The fraction of sp³-hybridized carbons (Fsp3) is 0.917. The van der Waals surface area contributed by atoms with Crippen molar-refractivity contribution in [2.75, 3.05) is 12.5 Å². The first kappa shape index (κ1) is 13.8. The first-order valence-electron chi connectivity index (χ1n) is 6.19. The van der Waals surface area contributed by atoms with Gasteiger partial charge in [0.05, 0.1) is 6.10 Å². The summed E-state index contributed by atoms with van der Waals surface area (Å²) in [4.78, 5) is 11.6. The molecule has 0 radical (unpaired) electrons. The van der Waals surface area contributed by atoms with Crippen molar-refractivity contribution < 1.29 is 9.53 Å². The molecule has 0 aliphatic carbocycles. The van der Waals surface area contributed by atoms with Gasteiger partial charge in [-0.15, -0.1) is 11.6 Å². The van der Waals surface area contributed by atoms with E-state index in [2.05, 4.69) is 5.32 Å². The lowest BCUT2D eigenvalue weighted by atomic mass is 10.0. The molecule has 4 heteroatoms. The Bertz CT molecular complexity index is 205. The van der Waals surface area contributed by atoms with Crippen molar-refractivity contribution in [3.05, 3.63) is 0 Å². The summed E-state index contributed by atoms with van der Waals surface area (Å²) in [6.45, 7) is 2.84. The van der Waals surface area contributed by atoms with E-state index in [4.69, 9.17) is 16.3 Å². The van der Waals surface area contributed by atoms with Gasteiger partial charge in [-0.1, -0.05) is 0 Å². The Labute approximate surface area is 103 Å². The Morgan fingerprint density at radius 2 is 2.38 bits per heavy atom. The molecule has 2 atom stereocenters. The third-order valence-corrected chi connectivity index (χ3v) is 3.14. The van der Waals surface area contributed by atoms with Gasteiger partial charge in [0.25, 0.3) is 0 Å². The molecule has 1 aliphatic heterocycles. The molecule has 0 saturated carbocycles. The molecule has 16 heavy (non-hydrogen) atoms. The molecular weight excluding hydrogens is 226 g/mol. The van der Waals surface area contributed by atoms with Crippen molar-refractivity contribution in [2.45, 2.75) is 57.6 Å². The molecule has 0 aromatic rings. The van der Waals surface area contributed by atoms with Gasteiger partial charge in [0, 0.05) is 24.9 Å². The first-order valence-corrected chi connectivity index (χ1v) is 6.72. The van der Waals surface area contributed by atoms with Gasteiger partial charge >= 0.3 is 0 Å². The van der Waals surface area contributed by atoms with Crippen molar-refractivity contribution in [3.8, 4) is 0 Å². The van der Waals surface area contributed by atoms with Crippen LogP contribution in [0, 0.1) is 0 Å². The zero-order valence-electron chi connectivity index (χ0n) is 10.0. The predicted octanol–water partition coefficient (Wildman–Crippen LogP) is 2.47. The zero-order chi connectivity index (χ0) is 11.8. The third-order valence-electron chi connectivity index (χ3n) is 2.92. The lowest BCUT2D eigenvalue weighted by Crippen LogP contribution is -2.33. The lowest BCUT2D eigenvalue weighted by Gasteiger charge is -2.22. The number of carbonyl (C=O) groups excluding carboxylic acids is 1. The van der Waals surface area contributed by atoms with E-state index >= 15 is 0 Å². The highest BCUT2D eigenvalue weighted by molar-refractivity contribution is 6.17. The van der Waals surface area contributed by atoms with Crippen LogP contribution in [0.5, 0.6) is 0 Å². The standard InChI is InChI=1S/C12H22ClNO2/c1-10(7-8-13)14-12(15)6-5-11-4-2-3-9-16-11/h10-11H,2-9H2,1H3,(H,14,15). The molecule has 0 bridgehead atoms. The molecule has 1 N–H and O–H groups in total. The van der Waals surface area contributed by atoms with Crippen LogP contribution in [0.4, 0.5) is 0 Å². The van der Waals surface area contributed by atoms with E-state index < -0.39 is 0 Å². The van der Waals surface area contributed by atoms with E-state index in [1.165, 1.54) is 6.42 Å². The van der Waals surface area contributed by atoms with Gasteiger partial charge in [-0.05, 0) is 39.0 Å². The average Bonchev–Trinajstić information content (AvgIpc) is 2.28. The number of carbonyl (C=O) groups is 1. The minimum atomic E-state index is 0.117. The Morgan fingerprint density at radius 1 is 1.56 bits per heavy atom. The van der Waals surface area contributed by atoms with Crippen LogP contribution < -0.4 is 5.32 Å². The number of alkyl halides is 1. The number of ether oxygens (including phenoxy) is 1. The van der Waals surface area contributed by atoms with Gasteiger partial charge in [0.2, 0.25) is 5.91 Å². The Hall–Kier alpha value is -0.280. The predicted molar refractivity (Wildman–Crippen MR) is 65.8 cm³/mol. The highest BCUT2D eigenvalue weighted by Gasteiger charge is 2.15. The minimum Gasteiger partial charge on any atom is -0.378 e. The summed E-state index contributed by atoms with van der Waals surface area (Å²) in [5.74, 6) is 0.708. The molecule has 1 rings (SSSR count). The van der Waals surface area contributed by atoms with E-state index in [9.17, 15) is 4.79 Å². The molecule has 1 fully saturated rings. The van der Waals surface area contributed by atoms with E-state index in [0.717, 1.165) is 32.3 Å². The molecule has 0 aromatic heterocycles. The van der Waals surface area contributed by atoms with Crippen LogP contribution in [0.25, 0.3) is 0 Å². The molecule has 3 nitrogen and oxygen atoms in total. The maximum atomic E-state index is 11.6. The summed E-state index contributed by atoms with van der Waals surface area (Å²) in [7, 11) is 0. The van der Waals surface area contributed by atoms with Gasteiger partial charge in [-0.2, -0.15) is 0 Å². The van der Waals surface area contributed by atoms with Gasteiger partial charge in [-0.3, -0.25) is 4.79 Å². The minimum absolute atomic E-state index is 0.117. The second-order valence-corrected chi connectivity index (χ2v) is 4.85. The van der Waals surface area contributed by atoms with Crippen LogP contribution in [0.1, 0.15) is 45.4 Å². The Morgan fingerprint density at radius 3 is 3.00 bits per heavy atom. The summed E-state index contributed by atoms with van der Waals surface area (Å²) in [5, 5.41) is 2.94. The Kier molecular flexibility index (Phi) is 6.81. The first-order chi connectivity index (χ1) is 7.72.